The van der Waals surface area contributed by atoms with E-state index in [2.05, 4.69) is 15.2 Å². The Balaban J connectivity index is 2.74. The fraction of sp³-hybridized carbons (Fsp3) is 0.125. The van der Waals surface area contributed by atoms with Gasteiger partial charge in [0.15, 0.2) is 0 Å². The Kier molecular flexibility index (Phi) is 1.79. The lowest BCUT2D eigenvalue weighted by Gasteiger charge is -1.99. The van der Waals surface area contributed by atoms with Crippen molar-refractivity contribution >= 4 is 10.9 Å². The molecule has 2 aromatic rings. The van der Waals surface area contributed by atoms with Crippen molar-refractivity contribution in [3.05, 3.63) is 24.0 Å². The van der Waals surface area contributed by atoms with E-state index in [9.17, 15) is 5.11 Å². The predicted octanol–water partition coefficient (Wildman–Crippen LogP) is 0.189. The Morgan fingerprint density at radius 2 is 2.23 bits per heavy atom. The summed E-state index contributed by atoms with van der Waals surface area (Å²) in [5, 5.41) is 17.2. The summed E-state index contributed by atoms with van der Waals surface area (Å²) in [6, 6.07) is 3.60. The van der Waals surface area contributed by atoms with Gasteiger partial charge in [0.05, 0.1) is 11.9 Å². The minimum absolute atomic E-state index is 0.159. The number of fused-ring (bicyclic) bond motifs is 1. The molecule has 0 fully saturated rings. The van der Waals surface area contributed by atoms with E-state index in [1.54, 1.807) is 18.3 Å². The molecule has 0 saturated heterocycles. The van der Waals surface area contributed by atoms with Crippen molar-refractivity contribution in [2.75, 3.05) is 0 Å². The van der Waals surface area contributed by atoms with Crippen molar-refractivity contribution in [2.45, 2.75) is 6.54 Å². The quantitative estimate of drug-likeness (QED) is 0.647. The molecule has 0 saturated carbocycles. The lowest BCUT2D eigenvalue weighted by atomic mass is 10.2. The normalized spacial score (nSPS) is 10.5. The number of hydrogen-bond donors (Lipinski definition) is 2. The van der Waals surface area contributed by atoms with Crippen LogP contribution < -0.4 is 5.73 Å². The van der Waals surface area contributed by atoms with E-state index in [4.69, 9.17) is 5.73 Å². The van der Waals surface area contributed by atoms with Crippen LogP contribution in [0.3, 0.4) is 0 Å². The summed E-state index contributed by atoms with van der Waals surface area (Å²) >= 11 is 0. The molecule has 0 atom stereocenters. The maximum Gasteiger partial charge on any atom is 0.257 e. The lowest BCUT2D eigenvalue weighted by molar-refractivity contribution is 0.451. The van der Waals surface area contributed by atoms with Gasteiger partial charge >= 0.3 is 0 Å². The number of aromatic hydroxyl groups is 1. The fourth-order valence-electron chi connectivity index (χ4n) is 1.10. The zero-order valence-electron chi connectivity index (χ0n) is 6.81. The largest absolute Gasteiger partial charge is 0.491 e. The van der Waals surface area contributed by atoms with Gasteiger partial charge in [0, 0.05) is 11.9 Å². The highest BCUT2D eigenvalue weighted by molar-refractivity contribution is 5.81. The first kappa shape index (κ1) is 7.88. The third-order valence-electron chi connectivity index (χ3n) is 1.75. The highest BCUT2D eigenvalue weighted by atomic mass is 16.3. The molecule has 0 bridgehead atoms. The Labute approximate surface area is 74.2 Å². The first-order valence-corrected chi connectivity index (χ1v) is 3.81. The molecule has 0 unspecified atom stereocenters. The molecule has 0 aromatic carbocycles. The van der Waals surface area contributed by atoms with Crippen molar-refractivity contribution in [3.8, 4) is 5.88 Å². The Bertz CT molecular complexity index is 443. The van der Waals surface area contributed by atoms with Gasteiger partial charge in [-0.1, -0.05) is 0 Å². The van der Waals surface area contributed by atoms with Crippen LogP contribution in [0.4, 0.5) is 0 Å². The van der Waals surface area contributed by atoms with Gasteiger partial charge in [-0.15, -0.1) is 5.10 Å². The van der Waals surface area contributed by atoms with Crippen molar-refractivity contribution < 1.29 is 5.11 Å². The third kappa shape index (κ3) is 1.29. The van der Waals surface area contributed by atoms with Crippen molar-refractivity contribution in [1.82, 2.24) is 15.2 Å². The van der Waals surface area contributed by atoms with Gasteiger partial charge in [-0.3, -0.25) is 0 Å². The molecule has 0 aliphatic heterocycles. The summed E-state index contributed by atoms with van der Waals surface area (Å²) in [5.74, 6) is -0.159. The van der Waals surface area contributed by atoms with E-state index >= 15 is 0 Å². The summed E-state index contributed by atoms with van der Waals surface area (Å²) in [7, 11) is 0. The first-order valence-electron chi connectivity index (χ1n) is 3.81. The third-order valence-corrected chi connectivity index (χ3v) is 1.75. The first-order chi connectivity index (χ1) is 6.31. The molecule has 0 aliphatic carbocycles. The predicted molar refractivity (Wildman–Crippen MR) is 46.9 cm³/mol. The Morgan fingerprint density at radius 1 is 1.38 bits per heavy atom. The molecule has 0 amide bonds. The molecule has 2 heterocycles. The molecule has 0 aliphatic rings. The molecule has 2 rings (SSSR count). The molecule has 13 heavy (non-hydrogen) atoms. The van der Waals surface area contributed by atoms with Crippen molar-refractivity contribution in [3.63, 3.8) is 0 Å². The highest BCUT2D eigenvalue weighted by Gasteiger charge is 2.03. The van der Waals surface area contributed by atoms with Gasteiger partial charge in [0.25, 0.3) is 5.88 Å². The molecule has 0 radical (unpaired) electrons. The minimum Gasteiger partial charge on any atom is -0.491 e. The highest BCUT2D eigenvalue weighted by Crippen LogP contribution is 2.17. The molecule has 66 valence electrons. The van der Waals surface area contributed by atoms with E-state index in [1.165, 1.54) is 0 Å². The van der Waals surface area contributed by atoms with Crippen LogP contribution >= 0.6 is 0 Å². The second-order valence-corrected chi connectivity index (χ2v) is 2.61. The number of rotatable bonds is 1. The SMILES string of the molecule is NCc1ccc2cnnc(O)c2n1. The van der Waals surface area contributed by atoms with E-state index in [-0.39, 0.29) is 5.88 Å². The van der Waals surface area contributed by atoms with Crippen molar-refractivity contribution in [2.24, 2.45) is 5.73 Å². The second kappa shape index (κ2) is 2.95. The summed E-state index contributed by atoms with van der Waals surface area (Å²) in [6.45, 7) is 0.345. The average molecular weight is 176 g/mol. The van der Waals surface area contributed by atoms with E-state index in [1.807, 2.05) is 0 Å². The maximum absolute atomic E-state index is 9.31. The van der Waals surface area contributed by atoms with Gasteiger partial charge in [-0.2, -0.15) is 5.10 Å². The molecular formula is C8H8N4O. The number of aromatic nitrogens is 3. The maximum atomic E-state index is 9.31. The molecule has 5 heteroatoms. The van der Waals surface area contributed by atoms with Crippen LogP contribution in [0.5, 0.6) is 5.88 Å². The topological polar surface area (TPSA) is 84.9 Å². The molecule has 2 aromatic heterocycles. The molecule has 3 N–H and O–H groups in total. The van der Waals surface area contributed by atoms with Gasteiger partial charge in [0.1, 0.15) is 5.52 Å². The van der Waals surface area contributed by atoms with Gasteiger partial charge < -0.3 is 10.8 Å². The average Bonchev–Trinajstić information content (AvgIpc) is 2.18. The van der Waals surface area contributed by atoms with Crippen LogP contribution in [-0.2, 0) is 6.54 Å². The van der Waals surface area contributed by atoms with E-state index in [0.29, 0.717) is 12.1 Å². The van der Waals surface area contributed by atoms with E-state index in [0.717, 1.165) is 11.1 Å². The minimum atomic E-state index is -0.159. The van der Waals surface area contributed by atoms with Crippen LogP contribution in [0.15, 0.2) is 18.3 Å². The van der Waals surface area contributed by atoms with Gasteiger partial charge in [0.2, 0.25) is 0 Å². The van der Waals surface area contributed by atoms with Gasteiger partial charge in [-0.25, -0.2) is 4.98 Å². The van der Waals surface area contributed by atoms with Gasteiger partial charge in [-0.05, 0) is 12.1 Å². The number of pyridine rings is 1. The standard InChI is InChI=1S/C8H8N4O/c9-3-6-2-1-5-4-10-12-8(13)7(5)11-6/h1-2,4H,3,9H2,(H,12,13). The molecule has 0 spiro atoms. The number of hydrogen-bond acceptors (Lipinski definition) is 5. The van der Waals surface area contributed by atoms with Crippen LogP contribution in [0, 0.1) is 0 Å². The monoisotopic (exact) mass is 176 g/mol. The van der Waals surface area contributed by atoms with Crippen LogP contribution in [0.25, 0.3) is 10.9 Å². The van der Waals surface area contributed by atoms with Crippen molar-refractivity contribution in [1.29, 1.82) is 0 Å². The van der Waals surface area contributed by atoms with E-state index < -0.39 is 0 Å². The zero-order chi connectivity index (χ0) is 9.26. The number of nitrogens with two attached hydrogens (primary N) is 1. The Morgan fingerprint density at radius 3 is 3.00 bits per heavy atom. The lowest BCUT2D eigenvalue weighted by Crippen LogP contribution is -1.99. The smallest absolute Gasteiger partial charge is 0.257 e. The molecule has 5 nitrogen and oxygen atoms in total. The Hall–Kier alpha value is -1.75. The molecular weight excluding hydrogens is 168 g/mol. The second-order valence-electron chi connectivity index (χ2n) is 2.61. The zero-order valence-corrected chi connectivity index (χ0v) is 6.81. The van der Waals surface area contributed by atoms with Crippen LogP contribution in [-0.4, -0.2) is 20.3 Å². The summed E-state index contributed by atoms with van der Waals surface area (Å²) in [4.78, 5) is 4.12. The number of nitrogens with zero attached hydrogens (tertiary/aromatic N) is 3. The van der Waals surface area contributed by atoms with Crippen LogP contribution in [0.2, 0.25) is 0 Å². The van der Waals surface area contributed by atoms with Crippen LogP contribution in [0.1, 0.15) is 5.69 Å². The summed E-state index contributed by atoms with van der Waals surface area (Å²) in [5.41, 5.74) is 6.57. The summed E-state index contributed by atoms with van der Waals surface area (Å²) in [6.07, 6.45) is 1.54. The fourth-order valence-corrected chi connectivity index (χ4v) is 1.10. The summed E-state index contributed by atoms with van der Waals surface area (Å²) < 4.78 is 0.